The maximum Gasteiger partial charge on any atom is 0.238 e. The normalized spacial score (nSPS) is 35.1. The number of amides is 1. The fraction of sp³-hybridized carbons (Fsp3) is 0.696. The summed E-state index contributed by atoms with van der Waals surface area (Å²) in [6, 6.07) is 7.53. The second kappa shape index (κ2) is 7.34. The van der Waals surface area contributed by atoms with Crippen LogP contribution in [0.3, 0.4) is 0 Å². The van der Waals surface area contributed by atoms with Crippen LogP contribution in [0.4, 0.5) is 5.69 Å². The summed E-state index contributed by atoms with van der Waals surface area (Å²) in [7, 11) is 1.65. The summed E-state index contributed by atoms with van der Waals surface area (Å²) in [5, 5.41) is 3.01. The van der Waals surface area contributed by atoms with Crippen LogP contribution >= 0.6 is 0 Å². The Hall–Kier alpha value is -1.59. The van der Waals surface area contributed by atoms with E-state index >= 15 is 0 Å². The number of nitrogens with zero attached hydrogens (tertiary/aromatic N) is 2. The minimum atomic E-state index is 0.0772. The Morgan fingerprint density at radius 1 is 1.00 bits per heavy atom. The minimum absolute atomic E-state index is 0.0772. The van der Waals surface area contributed by atoms with E-state index in [1.165, 1.54) is 38.5 Å². The number of hydrogen-bond acceptors (Lipinski definition) is 4. The van der Waals surface area contributed by atoms with Gasteiger partial charge in [0.05, 0.1) is 13.7 Å². The van der Waals surface area contributed by atoms with Crippen LogP contribution in [0, 0.1) is 17.8 Å². The average molecular weight is 384 g/mol. The molecule has 4 saturated carbocycles. The highest BCUT2D eigenvalue weighted by molar-refractivity contribution is 5.92. The maximum absolute atomic E-state index is 12.4. The molecular formula is C23H33N3O2. The first-order valence-electron chi connectivity index (χ1n) is 11.0. The van der Waals surface area contributed by atoms with Gasteiger partial charge >= 0.3 is 0 Å². The first kappa shape index (κ1) is 18.4. The van der Waals surface area contributed by atoms with Gasteiger partial charge in [-0.1, -0.05) is 0 Å². The van der Waals surface area contributed by atoms with E-state index in [1.54, 1.807) is 7.11 Å². The molecule has 152 valence electrons. The summed E-state index contributed by atoms with van der Waals surface area (Å²) >= 11 is 0. The Morgan fingerprint density at radius 2 is 1.57 bits per heavy atom. The summed E-state index contributed by atoms with van der Waals surface area (Å²) < 4.78 is 5.17. The van der Waals surface area contributed by atoms with Crippen LogP contribution in [0.25, 0.3) is 0 Å². The molecule has 1 N–H and O–H groups in total. The van der Waals surface area contributed by atoms with Crippen molar-refractivity contribution in [3.63, 3.8) is 0 Å². The van der Waals surface area contributed by atoms with Crippen molar-refractivity contribution in [1.29, 1.82) is 0 Å². The van der Waals surface area contributed by atoms with Crippen molar-refractivity contribution >= 4 is 11.6 Å². The Balaban J connectivity index is 1.13. The van der Waals surface area contributed by atoms with Crippen LogP contribution in [0.5, 0.6) is 5.75 Å². The van der Waals surface area contributed by atoms with E-state index in [4.69, 9.17) is 4.74 Å². The Morgan fingerprint density at radius 3 is 2.11 bits per heavy atom. The van der Waals surface area contributed by atoms with Crippen LogP contribution in [0.15, 0.2) is 24.3 Å². The predicted molar refractivity (Wildman–Crippen MR) is 111 cm³/mol. The fourth-order valence-electron chi connectivity index (χ4n) is 6.91. The number of methoxy groups -OCH3 is 1. The van der Waals surface area contributed by atoms with Gasteiger partial charge in [-0.25, -0.2) is 0 Å². The van der Waals surface area contributed by atoms with Crippen LogP contribution in [0.1, 0.15) is 38.5 Å². The first-order valence-corrected chi connectivity index (χ1v) is 11.0. The molecule has 4 aliphatic carbocycles. The molecule has 0 atom stereocenters. The molecule has 1 aromatic carbocycles. The van der Waals surface area contributed by atoms with E-state index in [0.717, 1.165) is 55.4 Å². The molecule has 1 heterocycles. The van der Waals surface area contributed by atoms with Gasteiger partial charge in [-0.3, -0.25) is 14.6 Å². The van der Waals surface area contributed by atoms with Gasteiger partial charge in [0.15, 0.2) is 0 Å². The summed E-state index contributed by atoms with van der Waals surface area (Å²) in [4.78, 5) is 17.6. The van der Waals surface area contributed by atoms with E-state index < -0.39 is 0 Å². The van der Waals surface area contributed by atoms with Gasteiger partial charge in [-0.2, -0.15) is 0 Å². The van der Waals surface area contributed by atoms with Gasteiger partial charge in [0.2, 0.25) is 5.91 Å². The lowest BCUT2D eigenvalue weighted by Gasteiger charge is -2.61. The standard InChI is InChI=1S/C23H33N3O2/c1-28-21-4-2-20(3-5-21)24-22(27)16-25-6-8-26(9-7-25)23-13-17-10-18(14-23)12-19(11-17)15-23/h2-5,17-19H,6-16H2,1H3,(H,24,27). The molecule has 1 aliphatic heterocycles. The van der Waals surface area contributed by atoms with Gasteiger partial charge < -0.3 is 10.1 Å². The van der Waals surface area contributed by atoms with Gasteiger partial charge in [-0.15, -0.1) is 0 Å². The Kier molecular flexibility index (Phi) is 4.84. The van der Waals surface area contributed by atoms with E-state index in [-0.39, 0.29) is 5.91 Å². The summed E-state index contributed by atoms with van der Waals surface area (Å²) in [6.07, 6.45) is 8.84. The van der Waals surface area contributed by atoms with E-state index in [2.05, 4.69) is 15.1 Å². The molecule has 0 radical (unpaired) electrons. The van der Waals surface area contributed by atoms with Gasteiger partial charge in [0.25, 0.3) is 0 Å². The van der Waals surface area contributed by atoms with Crippen molar-refractivity contribution in [3.05, 3.63) is 24.3 Å². The van der Waals surface area contributed by atoms with Crippen LogP contribution < -0.4 is 10.1 Å². The third-order valence-corrected chi connectivity index (χ3v) is 7.79. The lowest BCUT2D eigenvalue weighted by molar-refractivity contribution is -0.120. The summed E-state index contributed by atoms with van der Waals surface area (Å²) in [6.45, 7) is 4.76. The molecule has 1 amide bonds. The molecule has 0 unspecified atom stereocenters. The van der Waals surface area contributed by atoms with Crippen molar-refractivity contribution in [1.82, 2.24) is 9.80 Å². The molecule has 5 aliphatic rings. The van der Waals surface area contributed by atoms with E-state index in [9.17, 15) is 4.79 Å². The van der Waals surface area contributed by atoms with Gasteiger partial charge in [0.1, 0.15) is 5.75 Å². The molecule has 1 aromatic rings. The summed E-state index contributed by atoms with van der Waals surface area (Å²) in [5.74, 6) is 3.88. The molecule has 1 saturated heterocycles. The van der Waals surface area contributed by atoms with Crippen LogP contribution in [-0.2, 0) is 4.79 Å². The SMILES string of the molecule is COc1ccc(NC(=O)CN2CCN(C34CC5CC(CC(C5)C3)C4)CC2)cc1. The quantitative estimate of drug-likeness (QED) is 0.848. The molecule has 0 aromatic heterocycles. The molecule has 28 heavy (non-hydrogen) atoms. The average Bonchev–Trinajstić information content (AvgIpc) is 2.68. The van der Waals surface area contributed by atoms with Crippen molar-refractivity contribution in [3.8, 4) is 5.75 Å². The zero-order valence-electron chi connectivity index (χ0n) is 17.0. The molecule has 4 bridgehead atoms. The summed E-state index contributed by atoms with van der Waals surface area (Å²) in [5.41, 5.74) is 1.34. The van der Waals surface area contributed by atoms with Crippen molar-refractivity contribution in [2.24, 2.45) is 17.8 Å². The van der Waals surface area contributed by atoms with Crippen LogP contribution in [0.2, 0.25) is 0 Å². The highest BCUT2D eigenvalue weighted by atomic mass is 16.5. The molecule has 5 fully saturated rings. The number of ether oxygens (including phenoxy) is 1. The number of hydrogen-bond donors (Lipinski definition) is 1. The minimum Gasteiger partial charge on any atom is -0.497 e. The monoisotopic (exact) mass is 383 g/mol. The second-order valence-electron chi connectivity index (χ2n) is 9.68. The van der Waals surface area contributed by atoms with E-state index in [0.29, 0.717) is 12.1 Å². The smallest absolute Gasteiger partial charge is 0.238 e. The number of rotatable bonds is 5. The largest absolute Gasteiger partial charge is 0.497 e. The van der Waals surface area contributed by atoms with Gasteiger partial charge in [0, 0.05) is 37.4 Å². The number of carbonyl (C=O) groups is 1. The number of carbonyl (C=O) groups excluding carboxylic acids is 1. The first-order chi connectivity index (χ1) is 13.6. The lowest BCUT2D eigenvalue weighted by atomic mass is 9.52. The van der Waals surface area contributed by atoms with Crippen LogP contribution in [-0.4, -0.2) is 61.1 Å². The van der Waals surface area contributed by atoms with Crippen molar-refractivity contribution in [2.45, 2.75) is 44.1 Å². The second-order valence-corrected chi connectivity index (χ2v) is 9.68. The topological polar surface area (TPSA) is 44.8 Å². The number of benzene rings is 1. The lowest BCUT2D eigenvalue weighted by Crippen LogP contribution is -2.64. The highest BCUT2D eigenvalue weighted by Gasteiger charge is 2.53. The molecule has 5 heteroatoms. The number of nitrogens with one attached hydrogen (secondary N) is 1. The fourth-order valence-corrected chi connectivity index (χ4v) is 6.91. The molecule has 6 rings (SSSR count). The highest BCUT2D eigenvalue weighted by Crippen LogP contribution is 2.57. The predicted octanol–water partition coefficient (Wildman–Crippen LogP) is 3.22. The maximum atomic E-state index is 12.4. The molecule has 0 spiro atoms. The Bertz CT molecular complexity index is 674. The zero-order valence-corrected chi connectivity index (χ0v) is 17.0. The molecular weight excluding hydrogens is 350 g/mol. The third kappa shape index (κ3) is 3.55. The number of anilines is 1. The Labute approximate surface area is 168 Å². The van der Waals surface area contributed by atoms with Crippen molar-refractivity contribution in [2.75, 3.05) is 45.2 Å². The number of piperazine rings is 1. The van der Waals surface area contributed by atoms with E-state index in [1.807, 2.05) is 24.3 Å². The molecule has 5 nitrogen and oxygen atoms in total. The van der Waals surface area contributed by atoms with Crippen molar-refractivity contribution < 1.29 is 9.53 Å². The third-order valence-electron chi connectivity index (χ3n) is 7.79. The zero-order chi connectivity index (χ0) is 19.1. The van der Waals surface area contributed by atoms with Gasteiger partial charge in [-0.05, 0) is 80.5 Å².